The number of hydrogen-bond acceptors (Lipinski definition) is 7. The van der Waals surface area contributed by atoms with Crippen LogP contribution in [0.5, 0.6) is 5.75 Å². The number of carbonyl (C=O) groups excluding carboxylic acids is 1. The van der Waals surface area contributed by atoms with Crippen molar-refractivity contribution in [1.29, 1.82) is 5.26 Å². The van der Waals surface area contributed by atoms with E-state index in [1.54, 1.807) is 0 Å². The number of benzene rings is 1. The number of nitrogens with two attached hydrogens (primary N) is 1. The Labute approximate surface area is 162 Å². The van der Waals surface area contributed by atoms with Gasteiger partial charge >= 0.3 is 5.97 Å². The van der Waals surface area contributed by atoms with E-state index in [-0.39, 0.29) is 16.3 Å². The first-order valence-corrected chi connectivity index (χ1v) is 9.09. The second-order valence-electron chi connectivity index (χ2n) is 6.74. The van der Waals surface area contributed by atoms with Crippen LogP contribution in [-0.4, -0.2) is 21.9 Å². The Kier molecular flexibility index (Phi) is 5.24. The summed E-state index contributed by atoms with van der Waals surface area (Å²) in [5.41, 5.74) is 5.81. The van der Waals surface area contributed by atoms with Crippen molar-refractivity contribution in [3.63, 3.8) is 0 Å². The number of phenolic OH excluding ortho intramolecular Hbond substituents is 1. The molecule has 1 fully saturated rings. The van der Waals surface area contributed by atoms with E-state index in [9.17, 15) is 20.3 Å². The fourth-order valence-corrected chi connectivity index (χ4v) is 3.80. The van der Waals surface area contributed by atoms with Gasteiger partial charge in [-0.15, -0.1) is 0 Å². The van der Waals surface area contributed by atoms with E-state index < -0.39 is 29.5 Å². The summed E-state index contributed by atoms with van der Waals surface area (Å²) in [6.45, 7) is 0. The van der Waals surface area contributed by atoms with Crippen molar-refractivity contribution in [2.24, 2.45) is 11.7 Å². The molecule has 0 aromatic heterocycles. The summed E-state index contributed by atoms with van der Waals surface area (Å²) < 4.78 is 11.1. The third kappa shape index (κ3) is 3.69. The molecule has 1 aliphatic carbocycles. The number of phenols is 1. The summed E-state index contributed by atoms with van der Waals surface area (Å²) >= 11 is 4.97. The second-order valence-corrected chi connectivity index (χ2v) is 7.21. The molecule has 27 heavy (non-hydrogen) atoms. The largest absolute Gasteiger partial charge is 0.574 e. The van der Waals surface area contributed by atoms with Crippen LogP contribution in [-0.2, 0) is 14.3 Å². The fourth-order valence-electron chi connectivity index (χ4n) is 3.61. The Hall–Kier alpha value is -2.79. The van der Waals surface area contributed by atoms with Gasteiger partial charge in [0, 0.05) is 5.92 Å². The molecular formula is C19H19N2O5S-. The topological polar surface area (TPSA) is 129 Å². The van der Waals surface area contributed by atoms with Crippen LogP contribution < -0.4 is 10.8 Å². The highest BCUT2D eigenvalue weighted by Gasteiger charge is 2.43. The van der Waals surface area contributed by atoms with Gasteiger partial charge in [-0.25, -0.2) is 4.79 Å². The number of thiocarbonyl (C=S) groups is 1. The van der Waals surface area contributed by atoms with Crippen LogP contribution in [0.2, 0.25) is 0 Å². The van der Waals surface area contributed by atoms with Crippen LogP contribution in [0, 0.1) is 17.2 Å². The van der Waals surface area contributed by atoms with Crippen LogP contribution in [0.1, 0.15) is 43.6 Å². The van der Waals surface area contributed by atoms with Crippen LogP contribution in [0.25, 0.3) is 0 Å². The molecule has 142 valence electrons. The standard InChI is InChI=1S/C19H20N2O5S/c20-10-13(16(21)27)14(11-4-6-12(22)7-5-11)15-17(23)25-19(26-18(15)24)8-2-1-3-9-19/h4-7,13-14,22-23H,1-3,8-9H2,(H2,21,27)/p-1. The summed E-state index contributed by atoms with van der Waals surface area (Å²) in [5.74, 6) is -5.01. The number of aromatic hydroxyl groups is 1. The molecular weight excluding hydrogens is 368 g/mol. The summed E-state index contributed by atoms with van der Waals surface area (Å²) in [5, 5.41) is 31.9. The third-order valence-corrected chi connectivity index (χ3v) is 5.21. The lowest BCUT2D eigenvalue weighted by Gasteiger charge is -2.47. The molecule has 3 rings (SSSR count). The first-order chi connectivity index (χ1) is 12.9. The molecule has 2 aliphatic rings. The molecule has 2 unspecified atom stereocenters. The summed E-state index contributed by atoms with van der Waals surface area (Å²) in [7, 11) is 0. The van der Waals surface area contributed by atoms with Gasteiger partial charge in [0.15, 0.2) is 5.79 Å². The molecule has 0 saturated heterocycles. The van der Waals surface area contributed by atoms with Gasteiger partial charge in [-0.05, 0) is 43.4 Å². The Morgan fingerprint density at radius 2 is 1.89 bits per heavy atom. The number of nitriles is 1. The van der Waals surface area contributed by atoms with E-state index in [2.05, 4.69) is 0 Å². The Morgan fingerprint density at radius 3 is 2.41 bits per heavy atom. The van der Waals surface area contributed by atoms with Crippen molar-refractivity contribution in [3.8, 4) is 11.8 Å². The predicted octanol–water partition coefficient (Wildman–Crippen LogP) is 1.71. The Bertz CT molecular complexity index is 821. The third-order valence-electron chi connectivity index (χ3n) is 4.95. The minimum absolute atomic E-state index is 0.00119. The first kappa shape index (κ1) is 19.0. The Balaban J connectivity index is 2.07. The average molecular weight is 387 g/mol. The number of esters is 1. The SMILES string of the molecule is N#CC(C(N)=S)C(C1=C([O-])OC2(CCCCC2)OC1=O)c1ccc(O)cc1. The highest BCUT2D eigenvalue weighted by atomic mass is 32.1. The van der Waals surface area contributed by atoms with Gasteiger partial charge < -0.3 is 25.4 Å². The molecule has 8 heteroatoms. The maximum absolute atomic E-state index is 12.8. The monoisotopic (exact) mass is 387 g/mol. The molecule has 3 N–H and O–H groups in total. The van der Waals surface area contributed by atoms with Crippen LogP contribution in [0.15, 0.2) is 35.8 Å². The van der Waals surface area contributed by atoms with Gasteiger partial charge in [-0.2, -0.15) is 5.26 Å². The highest BCUT2D eigenvalue weighted by molar-refractivity contribution is 7.80. The second kappa shape index (κ2) is 7.45. The van der Waals surface area contributed by atoms with Gasteiger partial charge in [0.25, 0.3) is 0 Å². The summed E-state index contributed by atoms with van der Waals surface area (Å²) in [6.07, 6.45) is 3.49. The molecule has 2 atom stereocenters. The zero-order valence-corrected chi connectivity index (χ0v) is 15.3. The van der Waals surface area contributed by atoms with Crippen molar-refractivity contribution in [1.82, 2.24) is 0 Å². The quantitative estimate of drug-likeness (QED) is 0.590. The van der Waals surface area contributed by atoms with Crippen molar-refractivity contribution >= 4 is 23.2 Å². The highest BCUT2D eigenvalue weighted by Crippen LogP contribution is 2.43. The van der Waals surface area contributed by atoms with Crippen molar-refractivity contribution in [3.05, 3.63) is 41.3 Å². The smallest absolute Gasteiger partial charge is 0.337 e. The lowest BCUT2D eigenvalue weighted by molar-refractivity contribution is -0.402. The number of carbonyl (C=O) groups is 1. The van der Waals surface area contributed by atoms with Gasteiger partial charge in [0.2, 0.25) is 0 Å². The molecule has 0 amide bonds. The molecule has 7 nitrogen and oxygen atoms in total. The van der Waals surface area contributed by atoms with Crippen LogP contribution in [0.4, 0.5) is 0 Å². The maximum Gasteiger partial charge on any atom is 0.337 e. The van der Waals surface area contributed by atoms with Gasteiger partial charge in [0.1, 0.15) is 11.7 Å². The van der Waals surface area contributed by atoms with Crippen molar-refractivity contribution in [2.45, 2.75) is 43.8 Å². The molecule has 1 aromatic rings. The van der Waals surface area contributed by atoms with E-state index in [1.165, 1.54) is 24.3 Å². The molecule has 1 spiro atoms. The predicted molar refractivity (Wildman–Crippen MR) is 96.8 cm³/mol. The van der Waals surface area contributed by atoms with E-state index in [0.717, 1.165) is 19.3 Å². The summed E-state index contributed by atoms with van der Waals surface area (Å²) in [6, 6.07) is 7.74. The zero-order chi connectivity index (χ0) is 19.6. The fraction of sp³-hybridized carbons (Fsp3) is 0.421. The lowest BCUT2D eigenvalue weighted by atomic mass is 9.80. The van der Waals surface area contributed by atoms with Crippen molar-refractivity contribution in [2.75, 3.05) is 0 Å². The van der Waals surface area contributed by atoms with E-state index in [0.29, 0.717) is 18.4 Å². The van der Waals surface area contributed by atoms with E-state index >= 15 is 0 Å². The number of hydrogen-bond donors (Lipinski definition) is 2. The minimum Gasteiger partial charge on any atom is -0.574 e. The molecule has 0 bridgehead atoms. The van der Waals surface area contributed by atoms with E-state index in [1.807, 2.05) is 6.07 Å². The zero-order valence-electron chi connectivity index (χ0n) is 14.5. The normalized spacial score (nSPS) is 20.9. The van der Waals surface area contributed by atoms with Crippen LogP contribution in [0.3, 0.4) is 0 Å². The molecule has 1 aromatic carbocycles. The van der Waals surface area contributed by atoms with Gasteiger partial charge in [-0.1, -0.05) is 30.8 Å². The van der Waals surface area contributed by atoms with E-state index in [4.69, 9.17) is 27.4 Å². The number of ether oxygens (including phenoxy) is 2. The maximum atomic E-state index is 12.8. The molecule has 1 saturated carbocycles. The minimum atomic E-state index is -1.22. The molecule has 1 heterocycles. The van der Waals surface area contributed by atoms with Gasteiger partial charge in [0.05, 0.1) is 22.6 Å². The average Bonchev–Trinajstić information content (AvgIpc) is 2.61. The molecule has 0 radical (unpaired) electrons. The number of nitrogens with zero attached hydrogens (tertiary/aromatic N) is 1. The Morgan fingerprint density at radius 1 is 1.26 bits per heavy atom. The van der Waals surface area contributed by atoms with Crippen molar-refractivity contribution < 1.29 is 24.5 Å². The van der Waals surface area contributed by atoms with Gasteiger partial charge in [-0.3, -0.25) is 0 Å². The summed E-state index contributed by atoms with van der Waals surface area (Å²) in [4.78, 5) is 12.6. The van der Waals surface area contributed by atoms with Crippen LogP contribution >= 0.6 is 12.2 Å². The first-order valence-electron chi connectivity index (χ1n) is 8.68. The molecule has 1 aliphatic heterocycles. The number of rotatable bonds is 4. The lowest BCUT2D eigenvalue weighted by Crippen LogP contribution is -2.47.